The molecule has 23 heavy (non-hydrogen) atoms. The SMILES string of the molecule is CN(C)/C=N/S(=O)(=O)c1ccc(CCNC(=O)C(F)(F)F)cc1. The van der Waals surface area contributed by atoms with Crippen LogP contribution in [0, 0.1) is 0 Å². The fourth-order valence-electron chi connectivity index (χ4n) is 1.47. The van der Waals surface area contributed by atoms with Crippen LogP contribution in [0.1, 0.15) is 5.56 Å². The molecule has 1 amide bonds. The predicted molar refractivity (Wildman–Crippen MR) is 78.6 cm³/mol. The molecule has 6 nitrogen and oxygen atoms in total. The molecule has 0 spiro atoms. The van der Waals surface area contributed by atoms with Crippen LogP contribution in [-0.2, 0) is 21.2 Å². The number of hydrogen-bond donors (Lipinski definition) is 1. The molecule has 0 fully saturated rings. The smallest absolute Gasteiger partial charge is 0.368 e. The molecular formula is C13H16F3N3O3S. The van der Waals surface area contributed by atoms with E-state index in [4.69, 9.17) is 0 Å². The second kappa shape index (κ2) is 7.44. The fraction of sp³-hybridized carbons (Fsp3) is 0.385. The largest absolute Gasteiger partial charge is 0.471 e. The van der Waals surface area contributed by atoms with Gasteiger partial charge in [0.25, 0.3) is 10.0 Å². The van der Waals surface area contributed by atoms with Gasteiger partial charge in [-0.1, -0.05) is 12.1 Å². The number of sulfonamides is 1. The summed E-state index contributed by atoms with van der Waals surface area (Å²) in [6.07, 6.45) is -3.62. The summed E-state index contributed by atoms with van der Waals surface area (Å²) in [6, 6.07) is 5.53. The highest BCUT2D eigenvalue weighted by Crippen LogP contribution is 2.15. The maximum Gasteiger partial charge on any atom is 0.471 e. The Hall–Kier alpha value is -2.10. The summed E-state index contributed by atoms with van der Waals surface area (Å²) in [5, 5.41) is 1.74. The molecule has 0 aliphatic rings. The Morgan fingerprint density at radius 2 is 1.83 bits per heavy atom. The van der Waals surface area contributed by atoms with Gasteiger partial charge in [-0.3, -0.25) is 4.79 Å². The third kappa shape index (κ3) is 6.27. The van der Waals surface area contributed by atoms with Crippen molar-refractivity contribution in [3.8, 4) is 0 Å². The van der Waals surface area contributed by atoms with Crippen LogP contribution in [-0.4, -0.2) is 52.4 Å². The van der Waals surface area contributed by atoms with E-state index >= 15 is 0 Å². The van der Waals surface area contributed by atoms with Crippen LogP contribution in [0.4, 0.5) is 13.2 Å². The second-order valence-corrected chi connectivity index (χ2v) is 6.44. The average Bonchev–Trinajstić information content (AvgIpc) is 2.45. The number of alkyl halides is 3. The number of nitrogens with zero attached hydrogens (tertiary/aromatic N) is 2. The minimum atomic E-state index is -4.91. The summed E-state index contributed by atoms with van der Waals surface area (Å²) in [7, 11) is -0.571. The highest BCUT2D eigenvalue weighted by atomic mass is 32.2. The van der Waals surface area contributed by atoms with E-state index in [0.717, 1.165) is 6.34 Å². The maximum atomic E-state index is 12.0. The molecule has 128 valence electrons. The van der Waals surface area contributed by atoms with Crippen LogP contribution < -0.4 is 5.32 Å². The molecule has 0 aliphatic carbocycles. The van der Waals surface area contributed by atoms with Gasteiger partial charge in [-0.05, 0) is 24.1 Å². The van der Waals surface area contributed by atoms with Crippen LogP contribution in [0.3, 0.4) is 0 Å². The number of rotatable bonds is 6. The number of carbonyl (C=O) groups is 1. The lowest BCUT2D eigenvalue weighted by molar-refractivity contribution is -0.173. The number of carbonyl (C=O) groups excluding carboxylic acids is 1. The Kier molecular flexibility index (Phi) is 6.13. The van der Waals surface area contributed by atoms with E-state index in [1.807, 2.05) is 0 Å². The Bertz CT molecular complexity index is 668. The molecule has 1 N–H and O–H groups in total. The van der Waals surface area contributed by atoms with Gasteiger partial charge in [-0.15, -0.1) is 4.40 Å². The van der Waals surface area contributed by atoms with Crippen molar-refractivity contribution >= 4 is 22.3 Å². The molecule has 1 aromatic rings. The van der Waals surface area contributed by atoms with Crippen LogP contribution in [0.25, 0.3) is 0 Å². The van der Waals surface area contributed by atoms with Gasteiger partial charge in [0.05, 0.1) is 4.90 Å². The van der Waals surface area contributed by atoms with Crippen LogP contribution in [0.5, 0.6) is 0 Å². The van der Waals surface area contributed by atoms with Gasteiger partial charge in [-0.25, -0.2) is 0 Å². The van der Waals surface area contributed by atoms with Crippen LogP contribution in [0.2, 0.25) is 0 Å². The Balaban J connectivity index is 2.66. The lowest BCUT2D eigenvalue weighted by atomic mass is 10.1. The third-order valence-corrected chi connectivity index (χ3v) is 3.83. The quantitative estimate of drug-likeness (QED) is 0.617. The van der Waals surface area contributed by atoms with E-state index in [1.54, 1.807) is 19.4 Å². The van der Waals surface area contributed by atoms with E-state index in [-0.39, 0.29) is 17.9 Å². The van der Waals surface area contributed by atoms with Crippen molar-refractivity contribution in [2.75, 3.05) is 20.6 Å². The first-order chi connectivity index (χ1) is 10.5. The Morgan fingerprint density at radius 1 is 1.26 bits per heavy atom. The number of amides is 1. The molecule has 0 saturated carbocycles. The van der Waals surface area contributed by atoms with E-state index < -0.39 is 22.1 Å². The molecule has 10 heteroatoms. The van der Waals surface area contributed by atoms with Crippen molar-refractivity contribution in [3.63, 3.8) is 0 Å². The summed E-state index contributed by atoms with van der Waals surface area (Å²) >= 11 is 0. The molecule has 0 atom stereocenters. The monoisotopic (exact) mass is 351 g/mol. The van der Waals surface area contributed by atoms with Crippen molar-refractivity contribution in [3.05, 3.63) is 29.8 Å². The first-order valence-corrected chi connectivity index (χ1v) is 7.87. The Labute approximate surface area is 132 Å². The summed E-state index contributed by atoms with van der Waals surface area (Å²) in [4.78, 5) is 12.1. The van der Waals surface area contributed by atoms with Crippen LogP contribution >= 0.6 is 0 Å². The minimum Gasteiger partial charge on any atom is -0.368 e. The Morgan fingerprint density at radius 3 is 2.30 bits per heavy atom. The molecule has 1 rings (SSSR count). The van der Waals surface area contributed by atoms with Crippen molar-refractivity contribution in [2.24, 2.45) is 4.40 Å². The summed E-state index contributed by atoms with van der Waals surface area (Å²) in [5.74, 6) is -2.00. The lowest BCUT2D eigenvalue weighted by Crippen LogP contribution is -2.37. The van der Waals surface area contributed by atoms with E-state index in [9.17, 15) is 26.4 Å². The highest BCUT2D eigenvalue weighted by molar-refractivity contribution is 7.90. The van der Waals surface area contributed by atoms with Gasteiger partial charge in [0.15, 0.2) is 0 Å². The summed E-state index contributed by atoms with van der Waals surface area (Å²) < 4.78 is 63.1. The van der Waals surface area contributed by atoms with Gasteiger partial charge in [0.1, 0.15) is 6.34 Å². The van der Waals surface area contributed by atoms with Gasteiger partial charge in [-0.2, -0.15) is 21.6 Å². The van der Waals surface area contributed by atoms with Crippen molar-refractivity contribution < 1.29 is 26.4 Å². The molecule has 0 bridgehead atoms. The van der Waals surface area contributed by atoms with Gasteiger partial charge >= 0.3 is 12.1 Å². The molecule has 0 aromatic heterocycles. The molecule has 1 aromatic carbocycles. The molecule has 0 unspecified atom stereocenters. The standard InChI is InChI=1S/C13H16F3N3O3S/c1-19(2)9-18-23(21,22)11-5-3-10(4-6-11)7-8-17-12(20)13(14,15)16/h3-6,9H,7-8H2,1-2H3,(H,17,20)/b18-9+. The zero-order valence-electron chi connectivity index (χ0n) is 12.5. The normalized spacial score (nSPS) is 12.4. The summed E-state index contributed by atoms with van der Waals surface area (Å²) in [6.45, 7) is -0.205. The van der Waals surface area contributed by atoms with Gasteiger partial charge in [0, 0.05) is 20.6 Å². The molecule has 0 heterocycles. The average molecular weight is 351 g/mol. The van der Waals surface area contributed by atoms with Crippen LogP contribution in [0.15, 0.2) is 33.6 Å². The van der Waals surface area contributed by atoms with Gasteiger partial charge in [0.2, 0.25) is 0 Å². The highest BCUT2D eigenvalue weighted by Gasteiger charge is 2.38. The zero-order chi connectivity index (χ0) is 17.7. The first-order valence-electron chi connectivity index (χ1n) is 6.43. The second-order valence-electron chi connectivity index (χ2n) is 4.81. The van der Waals surface area contributed by atoms with Crippen molar-refractivity contribution in [2.45, 2.75) is 17.5 Å². The lowest BCUT2D eigenvalue weighted by Gasteiger charge is -2.08. The molecular weight excluding hydrogens is 335 g/mol. The van der Waals surface area contributed by atoms with Crippen molar-refractivity contribution in [1.29, 1.82) is 0 Å². The minimum absolute atomic E-state index is 0.0290. The number of halogens is 3. The first kappa shape index (κ1) is 18.9. The van der Waals surface area contributed by atoms with Gasteiger partial charge < -0.3 is 10.2 Å². The number of benzene rings is 1. The molecule has 0 saturated heterocycles. The topological polar surface area (TPSA) is 78.8 Å². The predicted octanol–water partition coefficient (Wildman–Crippen LogP) is 1.19. The third-order valence-electron chi connectivity index (χ3n) is 2.59. The molecule has 0 aliphatic heterocycles. The molecule has 0 radical (unpaired) electrons. The number of nitrogens with one attached hydrogen (secondary N) is 1. The zero-order valence-corrected chi connectivity index (χ0v) is 13.3. The summed E-state index contributed by atoms with van der Waals surface area (Å²) in [5.41, 5.74) is 0.586. The van der Waals surface area contributed by atoms with Crippen molar-refractivity contribution in [1.82, 2.24) is 10.2 Å². The fourth-order valence-corrected chi connectivity index (χ4v) is 2.38. The number of hydrogen-bond acceptors (Lipinski definition) is 3. The van der Waals surface area contributed by atoms with E-state index in [0.29, 0.717) is 5.56 Å². The van der Waals surface area contributed by atoms with E-state index in [2.05, 4.69) is 4.40 Å². The van der Waals surface area contributed by atoms with E-state index in [1.165, 1.54) is 29.2 Å². The maximum absolute atomic E-state index is 12.0.